The lowest BCUT2D eigenvalue weighted by molar-refractivity contribution is 0.203. The molecule has 0 radical (unpaired) electrons. The Hall–Kier alpha value is -1.29. The summed E-state index contributed by atoms with van der Waals surface area (Å²) >= 11 is 0. The van der Waals surface area contributed by atoms with Crippen LogP contribution < -0.4 is 10.2 Å². The molecule has 0 aliphatic carbocycles. The van der Waals surface area contributed by atoms with Gasteiger partial charge in [0, 0.05) is 26.7 Å². The van der Waals surface area contributed by atoms with E-state index < -0.39 is 0 Å². The van der Waals surface area contributed by atoms with Gasteiger partial charge in [-0.05, 0) is 19.4 Å². The summed E-state index contributed by atoms with van der Waals surface area (Å²) in [5.74, 6) is 0. The van der Waals surface area contributed by atoms with Gasteiger partial charge in [0.25, 0.3) is 0 Å². The van der Waals surface area contributed by atoms with E-state index in [4.69, 9.17) is 4.74 Å². The number of hydrogen-bond donors (Lipinski definition) is 1. The Balaban J connectivity index is 2.86. The van der Waals surface area contributed by atoms with Crippen LogP contribution in [-0.4, -0.2) is 38.3 Å². The van der Waals surface area contributed by atoms with Crippen molar-refractivity contribution in [3.8, 4) is 0 Å². The molecule has 1 unspecified atom stereocenters. The summed E-state index contributed by atoms with van der Waals surface area (Å²) in [5, 5.41) is 3.11. The number of anilines is 2. The third-order valence-corrected chi connectivity index (χ3v) is 3.00. The van der Waals surface area contributed by atoms with E-state index in [1.54, 1.807) is 7.11 Å². The van der Waals surface area contributed by atoms with Gasteiger partial charge in [-0.15, -0.1) is 0 Å². The molecule has 1 aromatic heterocycles. The Morgan fingerprint density at radius 2 is 2.24 bits per heavy atom. The van der Waals surface area contributed by atoms with Crippen molar-refractivity contribution in [3.63, 3.8) is 0 Å². The summed E-state index contributed by atoms with van der Waals surface area (Å²) in [5.41, 5.74) is 2.18. The van der Waals surface area contributed by atoms with E-state index in [1.807, 2.05) is 19.4 Å². The molecule has 0 spiro atoms. The first-order valence-corrected chi connectivity index (χ1v) is 6.11. The number of rotatable bonds is 7. The van der Waals surface area contributed by atoms with Crippen molar-refractivity contribution in [1.82, 2.24) is 4.98 Å². The van der Waals surface area contributed by atoms with Crippen LogP contribution >= 0.6 is 0 Å². The van der Waals surface area contributed by atoms with Crippen LogP contribution in [-0.2, 0) is 4.74 Å². The fourth-order valence-electron chi connectivity index (χ4n) is 1.74. The number of pyridine rings is 1. The maximum Gasteiger partial charge on any atom is 0.0637 e. The SMILES string of the molecule is CCC(C)N(CCOC)c1cncc(NC)c1. The van der Waals surface area contributed by atoms with Crippen molar-refractivity contribution in [2.45, 2.75) is 26.3 Å². The number of ether oxygens (including phenoxy) is 1. The molecule has 0 saturated heterocycles. The van der Waals surface area contributed by atoms with Crippen LogP contribution in [0.2, 0.25) is 0 Å². The van der Waals surface area contributed by atoms with Crippen molar-refractivity contribution in [2.75, 3.05) is 37.5 Å². The lowest BCUT2D eigenvalue weighted by atomic mass is 10.2. The highest BCUT2D eigenvalue weighted by Gasteiger charge is 2.13. The van der Waals surface area contributed by atoms with E-state index >= 15 is 0 Å². The van der Waals surface area contributed by atoms with Crippen molar-refractivity contribution in [2.24, 2.45) is 0 Å². The second-order valence-corrected chi connectivity index (χ2v) is 4.13. The minimum atomic E-state index is 0.485. The molecule has 96 valence electrons. The van der Waals surface area contributed by atoms with E-state index in [-0.39, 0.29) is 0 Å². The van der Waals surface area contributed by atoms with Crippen molar-refractivity contribution >= 4 is 11.4 Å². The minimum Gasteiger partial charge on any atom is -0.387 e. The van der Waals surface area contributed by atoms with Gasteiger partial charge in [0.1, 0.15) is 0 Å². The van der Waals surface area contributed by atoms with Gasteiger partial charge in [0.05, 0.1) is 30.4 Å². The molecule has 1 rings (SSSR count). The molecule has 1 N–H and O–H groups in total. The molecule has 0 aliphatic heterocycles. The molecular weight excluding hydrogens is 214 g/mol. The number of aromatic nitrogens is 1. The van der Waals surface area contributed by atoms with Crippen LogP contribution in [0.1, 0.15) is 20.3 Å². The van der Waals surface area contributed by atoms with Crippen LogP contribution in [0.4, 0.5) is 11.4 Å². The first-order chi connectivity index (χ1) is 8.22. The fourth-order valence-corrected chi connectivity index (χ4v) is 1.74. The van der Waals surface area contributed by atoms with Gasteiger partial charge in [-0.1, -0.05) is 6.92 Å². The van der Waals surface area contributed by atoms with Gasteiger partial charge >= 0.3 is 0 Å². The molecule has 0 aromatic carbocycles. The quantitative estimate of drug-likeness (QED) is 0.790. The Bertz CT molecular complexity index is 330. The average Bonchev–Trinajstić information content (AvgIpc) is 2.39. The Labute approximate surface area is 104 Å². The normalized spacial score (nSPS) is 12.2. The van der Waals surface area contributed by atoms with E-state index in [0.29, 0.717) is 6.04 Å². The van der Waals surface area contributed by atoms with Crippen LogP contribution in [0, 0.1) is 0 Å². The summed E-state index contributed by atoms with van der Waals surface area (Å²) in [6.45, 7) is 6.04. The third kappa shape index (κ3) is 3.89. The Morgan fingerprint density at radius 3 is 2.82 bits per heavy atom. The van der Waals surface area contributed by atoms with Crippen LogP contribution in [0.5, 0.6) is 0 Å². The predicted octanol–water partition coefficient (Wildman–Crippen LogP) is 2.37. The first kappa shape index (κ1) is 13.8. The Morgan fingerprint density at radius 1 is 1.47 bits per heavy atom. The molecule has 1 atom stereocenters. The maximum absolute atomic E-state index is 5.17. The van der Waals surface area contributed by atoms with Gasteiger partial charge in [0.2, 0.25) is 0 Å². The number of methoxy groups -OCH3 is 1. The molecule has 4 nitrogen and oxygen atoms in total. The van der Waals surface area contributed by atoms with Gasteiger partial charge in [-0.25, -0.2) is 0 Å². The molecule has 0 fully saturated rings. The van der Waals surface area contributed by atoms with E-state index in [0.717, 1.165) is 30.9 Å². The molecule has 1 heterocycles. The second kappa shape index (κ2) is 7.12. The minimum absolute atomic E-state index is 0.485. The first-order valence-electron chi connectivity index (χ1n) is 6.11. The second-order valence-electron chi connectivity index (χ2n) is 4.13. The zero-order chi connectivity index (χ0) is 12.7. The van der Waals surface area contributed by atoms with Crippen LogP contribution in [0.25, 0.3) is 0 Å². The summed E-state index contributed by atoms with van der Waals surface area (Å²) in [4.78, 5) is 6.59. The highest BCUT2D eigenvalue weighted by atomic mass is 16.5. The van der Waals surface area contributed by atoms with Gasteiger partial charge in [-0.3, -0.25) is 4.98 Å². The van der Waals surface area contributed by atoms with E-state index in [9.17, 15) is 0 Å². The van der Waals surface area contributed by atoms with Gasteiger partial charge in [-0.2, -0.15) is 0 Å². The lowest BCUT2D eigenvalue weighted by Gasteiger charge is -2.30. The molecule has 0 aliphatic rings. The summed E-state index contributed by atoms with van der Waals surface area (Å²) in [6.07, 6.45) is 4.84. The highest BCUT2D eigenvalue weighted by molar-refractivity contribution is 5.55. The van der Waals surface area contributed by atoms with Gasteiger partial charge < -0.3 is 15.0 Å². The van der Waals surface area contributed by atoms with Crippen LogP contribution in [0.15, 0.2) is 18.5 Å². The Kier molecular flexibility index (Phi) is 5.77. The zero-order valence-electron chi connectivity index (χ0n) is 11.2. The maximum atomic E-state index is 5.17. The smallest absolute Gasteiger partial charge is 0.0637 e. The van der Waals surface area contributed by atoms with Crippen molar-refractivity contribution in [1.29, 1.82) is 0 Å². The zero-order valence-corrected chi connectivity index (χ0v) is 11.2. The monoisotopic (exact) mass is 237 g/mol. The van der Waals surface area contributed by atoms with Crippen LogP contribution in [0.3, 0.4) is 0 Å². The number of nitrogens with one attached hydrogen (secondary N) is 1. The van der Waals surface area contributed by atoms with Crippen molar-refractivity contribution in [3.05, 3.63) is 18.5 Å². The molecule has 17 heavy (non-hydrogen) atoms. The number of hydrogen-bond acceptors (Lipinski definition) is 4. The molecular formula is C13H23N3O. The topological polar surface area (TPSA) is 37.4 Å². The average molecular weight is 237 g/mol. The molecule has 0 saturated carbocycles. The van der Waals surface area contributed by atoms with Crippen molar-refractivity contribution < 1.29 is 4.74 Å². The standard InChI is InChI=1S/C13H23N3O/c1-5-11(2)16(6-7-17-4)13-8-12(14-3)9-15-10-13/h8-11,14H,5-7H2,1-4H3. The predicted molar refractivity (Wildman–Crippen MR) is 72.8 cm³/mol. The molecule has 0 amide bonds. The molecule has 1 aromatic rings. The molecule has 4 heteroatoms. The third-order valence-electron chi connectivity index (χ3n) is 3.00. The summed E-state index contributed by atoms with van der Waals surface area (Å²) in [7, 11) is 3.64. The largest absolute Gasteiger partial charge is 0.387 e. The van der Waals surface area contributed by atoms with E-state index in [1.165, 1.54) is 0 Å². The summed E-state index contributed by atoms with van der Waals surface area (Å²) < 4.78 is 5.17. The van der Waals surface area contributed by atoms with E-state index in [2.05, 4.69) is 35.1 Å². The fraction of sp³-hybridized carbons (Fsp3) is 0.615. The summed E-state index contributed by atoms with van der Waals surface area (Å²) in [6, 6.07) is 2.61. The number of nitrogens with zero attached hydrogens (tertiary/aromatic N) is 2. The highest BCUT2D eigenvalue weighted by Crippen LogP contribution is 2.20. The molecule has 0 bridgehead atoms. The lowest BCUT2D eigenvalue weighted by Crippen LogP contribution is -2.35. The van der Waals surface area contributed by atoms with Gasteiger partial charge in [0.15, 0.2) is 0 Å².